The minimum absolute atomic E-state index is 0.0924. The molecule has 1 N–H and O–H groups in total. The van der Waals surface area contributed by atoms with Gasteiger partial charge in [-0.1, -0.05) is 5.92 Å². The number of piperazine rings is 1. The van der Waals surface area contributed by atoms with E-state index < -0.39 is 23.6 Å². The molecule has 1 aliphatic heterocycles. The fraction of sp³-hybridized carbons (Fsp3) is 0.375. The Balaban J connectivity index is 1.65. The number of nitrogens with zero attached hydrogens (tertiary/aromatic N) is 6. The molecule has 15 heteroatoms. The van der Waals surface area contributed by atoms with Gasteiger partial charge < -0.3 is 19.8 Å². The second-order valence-corrected chi connectivity index (χ2v) is 8.38. The van der Waals surface area contributed by atoms with Crippen LogP contribution in [0.15, 0.2) is 29.1 Å². The summed E-state index contributed by atoms with van der Waals surface area (Å²) in [5.41, 5.74) is -0.139. The second-order valence-electron chi connectivity index (χ2n) is 8.38. The Labute approximate surface area is 219 Å². The van der Waals surface area contributed by atoms with E-state index in [0.717, 1.165) is 20.0 Å². The van der Waals surface area contributed by atoms with Gasteiger partial charge in [-0.3, -0.25) is 18.7 Å². The maximum absolute atomic E-state index is 13.3. The maximum atomic E-state index is 13.3. The summed E-state index contributed by atoms with van der Waals surface area (Å²) in [6.45, 7) is 5.78. The van der Waals surface area contributed by atoms with Crippen molar-refractivity contribution in [2.75, 3.05) is 36.1 Å². The number of halogens is 3. The van der Waals surface area contributed by atoms with Gasteiger partial charge in [0.2, 0.25) is 5.95 Å². The summed E-state index contributed by atoms with van der Waals surface area (Å²) in [6, 6.07) is 4.94. The normalized spacial score (nSPS) is 13.5. The highest BCUT2D eigenvalue weighted by molar-refractivity contribution is 5.92. The number of hydroxylamine groups is 1. The van der Waals surface area contributed by atoms with Crippen molar-refractivity contribution in [3.05, 3.63) is 34.6 Å². The van der Waals surface area contributed by atoms with E-state index in [1.807, 2.05) is 4.90 Å². The van der Waals surface area contributed by atoms with E-state index in [9.17, 15) is 27.6 Å². The standard InChI is InChI=1S/C24H24F3N7O5/c1-4-5-12-33-18-19(29-22(33)32-13-10-28-11-14-32)30-23(31(3)20(18)36)38-17-8-6-16(7-9-17)34(15(2)35)39-21(37)24(25,26)27/h6-9,28H,10-14H2,1-3H3. The fourth-order valence-electron chi connectivity index (χ4n) is 3.82. The van der Waals surface area contributed by atoms with Crippen LogP contribution in [0.25, 0.3) is 11.2 Å². The Kier molecular flexibility index (Phi) is 7.77. The smallest absolute Gasteiger partial charge is 0.425 e. The van der Waals surface area contributed by atoms with Crippen molar-refractivity contribution in [1.82, 2.24) is 24.4 Å². The molecule has 12 nitrogen and oxygen atoms in total. The highest BCUT2D eigenvalue weighted by Crippen LogP contribution is 2.27. The fourth-order valence-corrected chi connectivity index (χ4v) is 3.82. The number of hydrogen-bond acceptors (Lipinski definition) is 9. The molecule has 0 unspecified atom stereocenters. The molecule has 4 rings (SSSR count). The number of carbonyl (C=O) groups is 2. The minimum atomic E-state index is -5.29. The minimum Gasteiger partial charge on any atom is -0.425 e. The molecule has 1 fully saturated rings. The Bertz CT molecular complexity index is 1510. The van der Waals surface area contributed by atoms with Crippen LogP contribution in [0.5, 0.6) is 11.8 Å². The first-order valence-electron chi connectivity index (χ1n) is 11.7. The van der Waals surface area contributed by atoms with Crippen molar-refractivity contribution >= 4 is 34.7 Å². The zero-order valence-electron chi connectivity index (χ0n) is 21.2. The largest absolute Gasteiger partial charge is 0.493 e. The van der Waals surface area contributed by atoms with Gasteiger partial charge in [-0.25, -0.2) is 4.79 Å². The summed E-state index contributed by atoms with van der Waals surface area (Å²) >= 11 is 0. The van der Waals surface area contributed by atoms with E-state index in [4.69, 9.17) is 4.74 Å². The Hall–Kier alpha value is -4.58. The molecular formula is C24H24F3N7O5. The van der Waals surface area contributed by atoms with Crippen molar-refractivity contribution in [3.8, 4) is 23.6 Å². The lowest BCUT2D eigenvalue weighted by molar-refractivity contribution is -0.201. The summed E-state index contributed by atoms with van der Waals surface area (Å²) < 4.78 is 46.4. The van der Waals surface area contributed by atoms with E-state index in [1.165, 1.54) is 35.9 Å². The first-order valence-corrected chi connectivity index (χ1v) is 11.7. The number of anilines is 2. The molecule has 39 heavy (non-hydrogen) atoms. The van der Waals surface area contributed by atoms with Crippen molar-refractivity contribution in [3.63, 3.8) is 0 Å². The van der Waals surface area contributed by atoms with Crippen molar-refractivity contribution < 1.29 is 32.3 Å². The molecule has 0 saturated carbocycles. The van der Waals surface area contributed by atoms with E-state index >= 15 is 0 Å². The molecule has 2 aromatic heterocycles. The number of aromatic nitrogens is 4. The third-order valence-electron chi connectivity index (χ3n) is 5.71. The van der Waals surface area contributed by atoms with Crippen LogP contribution in [0.2, 0.25) is 0 Å². The van der Waals surface area contributed by atoms with Crippen molar-refractivity contribution in [1.29, 1.82) is 0 Å². The molecule has 0 radical (unpaired) electrons. The first kappa shape index (κ1) is 27.5. The lowest BCUT2D eigenvalue weighted by Crippen LogP contribution is -2.44. The molecule has 1 saturated heterocycles. The van der Waals surface area contributed by atoms with Crippen LogP contribution >= 0.6 is 0 Å². The zero-order valence-corrected chi connectivity index (χ0v) is 21.2. The third-order valence-corrected chi connectivity index (χ3v) is 5.71. The number of imidazole rings is 1. The van der Waals surface area contributed by atoms with Gasteiger partial charge in [0.05, 0.1) is 12.2 Å². The van der Waals surface area contributed by atoms with Crippen LogP contribution in [0.4, 0.5) is 24.8 Å². The van der Waals surface area contributed by atoms with Crippen molar-refractivity contribution in [2.24, 2.45) is 7.05 Å². The third kappa shape index (κ3) is 5.80. The van der Waals surface area contributed by atoms with Gasteiger partial charge in [-0.15, -0.1) is 11.0 Å². The number of carbonyl (C=O) groups excluding carboxylic acids is 2. The van der Waals surface area contributed by atoms with Crippen LogP contribution in [0, 0.1) is 11.8 Å². The van der Waals surface area contributed by atoms with E-state index in [0.29, 0.717) is 19.0 Å². The van der Waals surface area contributed by atoms with Gasteiger partial charge in [-0.05, 0) is 31.2 Å². The molecule has 0 aliphatic carbocycles. The van der Waals surface area contributed by atoms with E-state index in [1.54, 1.807) is 11.5 Å². The van der Waals surface area contributed by atoms with Crippen molar-refractivity contribution in [2.45, 2.75) is 26.6 Å². The van der Waals surface area contributed by atoms with Crippen LogP contribution in [0.3, 0.4) is 0 Å². The summed E-state index contributed by atoms with van der Waals surface area (Å²) in [6.07, 6.45) is -5.29. The highest BCUT2D eigenvalue weighted by atomic mass is 19.4. The van der Waals surface area contributed by atoms with Gasteiger partial charge in [0.25, 0.3) is 11.5 Å². The zero-order chi connectivity index (χ0) is 28.3. The monoisotopic (exact) mass is 547 g/mol. The molecule has 0 bridgehead atoms. The molecule has 3 heterocycles. The number of ether oxygens (including phenoxy) is 1. The number of alkyl halides is 3. The number of fused-ring (bicyclic) bond motifs is 1. The molecule has 0 spiro atoms. The van der Waals surface area contributed by atoms with Gasteiger partial charge in [-0.2, -0.15) is 23.1 Å². The maximum Gasteiger partial charge on any atom is 0.493 e. The number of nitrogens with one attached hydrogen (secondary N) is 1. The average molecular weight is 547 g/mol. The van der Waals surface area contributed by atoms with Gasteiger partial charge >= 0.3 is 18.2 Å². The summed E-state index contributed by atoms with van der Waals surface area (Å²) in [4.78, 5) is 51.6. The van der Waals surface area contributed by atoms with Crippen LogP contribution in [-0.4, -0.2) is 63.3 Å². The lowest BCUT2D eigenvalue weighted by atomic mass is 10.3. The highest BCUT2D eigenvalue weighted by Gasteiger charge is 2.43. The van der Waals surface area contributed by atoms with Crippen LogP contribution in [-0.2, 0) is 28.0 Å². The van der Waals surface area contributed by atoms with Crippen LogP contribution in [0.1, 0.15) is 13.8 Å². The quantitative estimate of drug-likeness (QED) is 0.376. The summed E-state index contributed by atoms with van der Waals surface area (Å²) in [7, 11) is 1.47. The number of hydrogen-bond donors (Lipinski definition) is 1. The van der Waals surface area contributed by atoms with Crippen LogP contribution < -0.4 is 25.6 Å². The predicted octanol–water partition coefficient (Wildman–Crippen LogP) is 1.73. The van der Waals surface area contributed by atoms with Gasteiger partial charge in [0, 0.05) is 40.2 Å². The molecule has 206 valence electrons. The average Bonchev–Trinajstić information content (AvgIpc) is 3.27. The number of amides is 1. The summed E-state index contributed by atoms with van der Waals surface area (Å²) in [5, 5.41) is 3.48. The predicted molar refractivity (Wildman–Crippen MR) is 133 cm³/mol. The van der Waals surface area contributed by atoms with Gasteiger partial charge in [0.15, 0.2) is 11.2 Å². The SMILES string of the molecule is CC#CCn1c(N2CCNCC2)nc2nc(Oc3ccc(N(OC(=O)C(F)(F)F)C(C)=O)cc3)n(C)c(=O)c21. The number of benzene rings is 1. The Morgan fingerprint density at radius 3 is 2.41 bits per heavy atom. The number of rotatable bonds is 5. The molecule has 1 aliphatic rings. The Morgan fingerprint density at radius 2 is 1.82 bits per heavy atom. The molecular weight excluding hydrogens is 523 g/mol. The molecule has 1 aromatic carbocycles. The summed E-state index contributed by atoms with van der Waals surface area (Å²) in [5.74, 6) is 3.00. The second kappa shape index (κ2) is 11.0. The van der Waals surface area contributed by atoms with E-state index in [-0.39, 0.29) is 40.2 Å². The molecule has 0 atom stereocenters. The first-order chi connectivity index (χ1) is 18.5. The molecule has 3 aromatic rings. The topological polar surface area (TPSA) is 124 Å². The van der Waals surface area contributed by atoms with Gasteiger partial charge in [0.1, 0.15) is 5.75 Å². The lowest BCUT2D eigenvalue weighted by Gasteiger charge is -2.28. The Morgan fingerprint density at radius 1 is 1.15 bits per heavy atom. The molecule has 1 amide bonds. The van der Waals surface area contributed by atoms with E-state index in [2.05, 4.69) is 32.0 Å².